The second-order valence-electron chi connectivity index (χ2n) is 7.56. The Morgan fingerprint density at radius 2 is 1.89 bits per heavy atom. The third kappa shape index (κ3) is 6.06. The van der Waals surface area contributed by atoms with E-state index in [1.54, 1.807) is 20.8 Å². The molecule has 1 N–H and O–H groups in total. The number of rotatable bonds is 5. The molecule has 1 aromatic rings. The Labute approximate surface area is 159 Å². The summed E-state index contributed by atoms with van der Waals surface area (Å²) in [5.41, 5.74) is 0.243. The summed E-state index contributed by atoms with van der Waals surface area (Å²) in [5.74, 6) is -2.11. The van der Waals surface area contributed by atoms with Crippen molar-refractivity contribution in [3.05, 3.63) is 35.9 Å². The molecule has 7 nitrogen and oxygen atoms in total. The molecule has 1 fully saturated rings. The third-order valence-electron chi connectivity index (χ3n) is 4.27. The van der Waals surface area contributed by atoms with E-state index >= 15 is 0 Å². The lowest BCUT2D eigenvalue weighted by molar-refractivity contribution is -0.155. The van der Waals surface area contributed by atoms with Crippen LogP contribution in [0.25, 0.3) is 0 Å². The number of hydrogen-bond acceptors (Lipinski definition) is 6. The van der Waals surface area contributed by atoms with Gasteiger partial charge >= 0.3 is 12.1 Å². The maximum Gasteiger partial charge on any atom is 0.408 e. The summed E-state index contributed by atoms with van der Waals surface area (Å²) in [6.07, 6.45) is -0.338. The zero-order chi connectivity index (χ0) is 20.0. The van der Waals surface area contributed by atoms with Crippen LogP contribution in [0.5, 0.6) is 0 Å². The van der Waals surface area contributed by atoms with Gasteiger partial charge in [-0.3, -0.25) is 9.59 Å². The number of benzene rings is 1. The molecule has 0 aromatic heterocycles. The van der Waals surface area contributed by atoms with E-state index < -0.39 is 35.5 Å². The van der Waals surface area contributed by atoms with Crippen LogP contribution < -0.4 is 5.32 Å². The average molecular weight is 377 g/mol. The number of carbonyl (C=O) groups is 3. The molecule has 0 saturated carbocycles. The smallest absolute Gasteiger partial charge is 0.408 e. The Morgan fingerprint density at radius 1 is 1.22 bits per heavy atom. The zero-order valence-corrected chi connectivity index (χ0v) is 16.2. The molecule has 0 radical (unpaired) electrons. The summed E-state index contributed by atoms with van der Waals surface area (Å²) >= 11 is 0. The van der Waals surface area contributed by atoms with Crippen LogP contribution >= 0.6 is 0 Å². The van der Waals surface area contributed by atoms with Crippen LogP contribution in [0.15, 0.2) is 30.3 Å². The summed E-state index contributed by atoms with van der Waals surface area (Å²) in [5, 5.41) is 2.54. The van der Waals surface area contributed by atoms with Gasteiger partial charge in [-0.2, -0.15) is 0 Å². The number of ketones is 1. The van der Waals surface area contributed by atoms with Gasteiger partial charge in [-0.1, -0.05) is 30.3 Å². The van der Waals surface area contributed by atoms with Crippen molar-refractivity contribution in [3.8, 4) is 0 Å². The van der Waals surface area contributed by atoms with Crippen LogP contribution in [0.3, 0.4) is 0 Å². The van der Waals surface area contributed by atoms with E-state index in [0.29, 0.717) is 6.42 Å². The van der Waals surface area contributed by atoms with Gasteiger partial charge in [-0.05, 0) is 32.8 Å². The highest BCUT2D eigenvalue weighted by Gasteiger charge is 2.41. The fourth-order valence-electron chi connectivity index (χ4n) is 3.02. The molecule has 148 valence electrons. The molecular weight excluding hydrogens is 350 g/mol. The minimum Gasteiger partial charge on any atom is -0.469 e. The molecule has 7 heteroatoms. The zero-order valence-electron chi connectivity index (χ0n) is 16.2. The van der Waals surface area contributed by atoms with E-state index in [4.69, 9.17) is 14.2 Å². The van der Waals surface area contributed by atoms with Gasteiger partial charge in [0, 0.05) is 0 Å². The lowest BCUT2D eigenvalue weighted by Gasteiger charge is -2.32. The van der Waals surface area contributed by atoms with Crippen LogP contribution in [0, 0.1) is 11.8 Å². The van der Waals surface area contributed by atoms with Crippen molar-refractivity contribution >= 4 is 17.8 Å². The van der Waals surface area contributed by atoms with Crippen molar-refractivity contribution in [3.63, 3.8) is 0 Å². The van der Waals surface area contributed by atoms with Crippen LogP contribution in [0.2, 0.25) is 0 Å². The fraction of sp³-hybridized carbons (Fsp3) is 0.550. The topological polar surface area (TPSA) is 90.9 Å². The third-order valence-corrected chi connectivity index (χ3v) is 4.27. The molecule has 27 heavy (non-hydrogen) atoms. The minimum atomic E-state index is -0.860. The van der Waals surface area contributed by atoms with Crippen molar-refractivity contribution in [2.45, 2.75) is 38.8 Å². The molecule has 1 heterocycles. The van der Waals surface area contributed by atoms with Crippen LogP contribution in [0.1, 0.15) is 26.3 Å². The largest absolute Gasteiger partial charge is 0.469 e. The standard InChI is InChI=1S/C20H27NO6/c1-20(2,3)27-19(24)21-16-12-26-11-15(17(16)22)14(18(23)25-4)10-13-8-6-5-7-9-13/h5-9,14-16H,10-12H2,1-4H3,(H,21,24)/t14-,15?,16+/m1/s1. The molecule has 1 aliphatic heterocycles. The van der Waals surface area contributed by atoms with E-state index in [1.807, 2.05) is 30.3 Å². The number of carbonyl (C=O) groups excluding carboxylic acids is 3. The summed E-state index contributed by atoms with van der Waals surface area (Å²) in [6.45, 7) is 5.37. The fourth-order valence-corrected chi connectivity index (χ4v) is 3.02. The van der Waals surface area contributed by atoms with Gasteiger partial charge in [0.2, 0.25) is 0 Å². The normalized spacial score (nSPS) is 21.3. The van der Waals surface area contributed by atoms with Crippen LogP contribution in [-0.4, -0.2) is 49.8 Å². The number of amides is 1. The van der Waals surface area contributed by atoms with Gasteiger partial charge in [0.05, 0.1) is 32.2 Å². The Balaban J connectivity index is 2.12. The average Bonchev–Trinajstić information content (AvgIpc) is 2.60. The number of Topliss-reactive ketones (excluding diaryl/α,β-unsaturated/α-hetero) is 1. The first kappa shape index (κ1) is 20.9. The highest BCUT2D eigenvalue weighted by Crippen LogP contribution is 2.25. The van der Waals surface area contributed by atoms with Crippen molar-refractivity contribution in [2.24, 2.45) is 11.8 Å². The second kappa shape index (κ2) is 8.99. The predicted molar refractivity (Wildman–Crippen MR) is 98.1 cm³/mol. The minimum absolute atomic E-state index is 0.0494. The highest BCUT2D eigenvalue weighted by molar-refractivity contribution is 5.93. The number of hydrogen-bond donors (Lipinski definition) is 1. The first-order valence-corrected chi connectivity index (χ1v) is 8.94. The molecule has 2 rings (SSSR count). The molecular formula is C20H27NO6. The van der Waals surface area contributed by atoms with Gasteiger partial charge < -0.3 is 19.5 Å². The quantitative estimate of drug-likeness (QED) is 0.791. The van der Waals surface area contributed by atoms with Gasteiger partial charge in [-0.25, -0.2) is 4.79 Å². The molecule has 1 aromatic carbocycles. The number of nitrogens with one attached hydrogen (secondary N) is 1. The van der Waals surface area contributed by atoms with Gasteiger partial charge in [-0.15, -0.1) is 0 Å². The van der Waals surface area contributed by atoms with Crippen molar-refractivity contribution < 1.29 is 28.6 Å². The van der Waals surface area contributed by atoms with Crippen molar-refractivity contribution in [2.75, 3.05) is 20.3 Å². The predicted octanol–water partition coefficient (Wildman–Crippen LogP) is 2.13. The van der Waals surface area contributed by atoms with E-state index in [0.717, 1.165) is 5.56 Å². The van der Waals surface area contributed by atoms with Gasteiger partial charge in [0.15, 0.2) is 5.78 Å². The molecule has 0 bridgehead atoms. The number of esters is 1. The molecule has 0 aliphatic carbocycles. The summed E-state index contributed by atoms with van der Waals surface area (Å²) < 4.78 is 15.6. The molecule has 0 spiro atoms. The SMILES string of the molecule is COC(=O)[C@H](Cc1ccccc1)C1COC[C@H](NC(=O)OC(C)(C)C)C1=O. The Bertz CT molecular complexity index is 667. The number of alkyl carbamates (subject to hydrolysis) is 1. The molecule has 1 aliphatic rings. The number of methoxy groups -OCH3 is 1. The van der Waals surface area contributed by atoms with E-state index in [1.165, 1.54) is 7.11 Å². The monoisotopic (exact) mass is 377 g/mol. The van der Waals surface area contributed by atoms with Crippen LogP contribution in [0.4, 0.5) is 4.79 Å². The maximum atomic E-state index is 12.9. The lowest BCUT2D eigenvalue weighted by Crippen LogP contribution is -2.54. The summed E-state index contributed by atoms with van der Waals surface area (Å²) in [6, 6.07) is 8.54. The number of ether oxygens (including phenoxy) is 3. The van der Waals surface area contributed by atoms with E-state index in [9.17, 15) is 14.4 Å². The van der Waals surface area contributed by atoms with Crippen molar-refractivity contribution in [1.29, 1.82) is 0 Å². The highest BCUT2D eigenvalue weighted by atomic mass is 16.6. The maximum absolute atomic E-state index is 12.9. The second-order valence-corrected chi connectivity index (χ2v) is 7.56. The first-order valence-electron chi connectivity index (χ1n) is 8.94. The molecule has 3 atom stereocenters. The van der Waals surface area contributed by atoms with E-state index in [2.05, 4.69) is 5.32 Å². The summed E-state index contributed by atoms with van der Waals surface area (Å²) in [4.78, 5) is 37.3. The summed E-state index contributed by atoms with van der Waals surface area (Å²) in [7, 11) is 1.30. The Hall–Kier alpha value is -2.41. The Kier molecular flexibility index (Phi) is 6.96. The van der Waals surface area contributed by atoms with E-state index in [-0.39, 0.29) is 19.0 Å². The molecule has 1 amide bonds. The molecule has 1 unspecified atom stereocenters. The Morgan fingerprint density at radius 3 is 2.48 bits per heavy atom. The van der Waals surface area contributed by atoms with Crippen LogP contribution in [-0.2, 0) is 30.2 Å². The first-order chi connectivity index (χ1) is 12.7. The molecule has 1 saturated heterocycles. The van der Waals surface area contributed by atoms with Gasteiger partial charge in [0.1, 0.15) is 11.6 Å². The van der Waals surface area contributed by atoms with Crippen molar-refractivity contribution in [1.82, 2.24) is 5.32 Å². The lowest BCUT2D eigenvalue weighted by atomic mass is 9.81. The van der Waals surface area contributed by atoms with Gasteiger partial charge in [0.25, 0.3) is 0 Å².